The van der Waals surface area contributed by atoms with E-state index in [1.165, 1.54) is 10.8 Å². The molecule has 0 aliphatic heterocycles. The third kappa shape index (κ3) is 1.65. The van der Waals surface area contributed by atoms with Crippen molar-refractivity contribution in [3.05, 3.63) is 46.9 Å². The Balaban J connectivity index is 3.56. The molecule has 0 fully saturated rings. The lowest BCUT2D eigenvalue weighted by Crippen LogP contribution is -2.24. The van der Waals surface area contributed by atoms with E-state index in [1.807, 2.05) is 25.1 Å². The van der Waals surface area contributed by atoms with Crippen LogP contribution in [-0.2, 0) is 0 Å². The second-order valence-electron chi connectivity index (χ2n) is 3.06. The molecule has 1 rings (SSSR count). The van der Waals surface area contributed by atoms with E-state index in [4.69, 9.17) is 0 Å². The lowest BCUT2D eigenvalue weighted by molar-refractivity contribution is 1.42. The Kier molecular flexibility index (Phi) is 2.49. The van der Waals surface area contributed by atoms with Crippen molar-refractivity contribution in [1.29, 1.82) is 0 Å². The number of allylic oxidation sites excluding steroid dienone is 1. The number of benzene rings is 1. The van der Waals surface area contributed by atoms with Crippen molar-refractivity contribution in [3.8, 4) is 0 Å². The topological polar surface area (TPSA) is 0 Å². The van der Waals surface area contributed by atoms with Gasteiger partial charge in [-0.05, 0) is 29.9 Å². The van der Waals surface area contributed by atoms with Crippen LogP contribution in [0.3, 0.4) is 0 Å². The molecule has 0 aliphatic carbocycles. The highest BCUT2D eigenvalue weighted by Gasteiger charge is 1.90. The first-order valence-electron chi connectivity index (χ1n) is 4.03. The lowest BCUT2D eigenvalue weighted by Gasteiger charge is -1.98. The molecule has 0 unspecified atom stereocenters. The fourth-order valence-corrected chi connectivity index (χ4v) is 1.12. The van der Waals surface area contributed by atoms with Crippen molar-refractivity contribution >= 4 is 12.2 Å². The summed E-state index contributed by atoms with van der Waals surface area (Å²) < 4.78 is 0. The highest BCUT2D eigenvalue weighted by molar-refractivity contribution is 5.59. The minimum absolute atomic E-state index is 1.07. The van der Waals surface area contributed by atoms with Gasteiger partial charge in [-0.3, -0.25) is 0 Å². The first-order chi connectivity index (χ1) is 5.63. The fraction of sp³-hybridized carbons (Fsp3) is 0.167. The second-order valence-corrected chi connectivity index (χ2v) is 3.06. The summed E-state index contributed by atoms with van der Waals surface area (Å²) in [4.78, 5) is 0. The van der Waals surface area contributed by atoms with Crippen molar-refractivity contribution in [2.24, 2.45) is 0 Å². The zero-order valence-electron chi connectivity index (χ0n) is 7.72. The number of hydrogen-bond acceptors (Lipinski definition) is 0. The molecule has 0 aromatic heterocycles. The summed E-state index contributed by atoms with van der Waals surface area (Å²) in [5.74, 6) is 0. The molecule has 0 amide bonds. The third-order valence-electron chi connectivity index (χ3n) is 2.06. The summed E-state index contributed by atoms with van der Waals surface area (Å²) in [6.45, 7) is 12.0. The molecule has 1 aromatic rings. The van der Waals surface area contributed by atoms with Gasteiger partial charge in [0.1, 0.15) is 0 Å². The third-order valence-corrected chi connectivity index (χ3v) is 2.06. The molecule has 62 valence electrons. The molecule has 0 saturated carbocycles. The molecular weight excluding hydrogens is 144 g/mol. The molecule has 0 atom stereocenters. The van der Waals surface area contributed by atoms with Gasteiger partial charge in [-0.15, -0.1) is 0 Å². The van der Waals surface area contributed by atoms with Crippen molar-refractivity contribution in [3.63, 3.8) is 0 Å². The Morgan fingerprint density at radius 3 is 2.25 bits per heavy atom. The summed E-state index contributed by atoms with van der Waals surface area (Å²) in [5, 5.41) is 2.27. The molecule has 0 saturated heterocycles. The zero-order valence-corrected chi connectivity index (χ0v) is 7.72. The van der Waals surface area contributed by atoms with E-state index in [1.54, 1.807) is 0 Å². The van der Waals surface area contributed by atoms with Gasteiger partial charge in [-0.2, -0.15) is 0 Å². The summed E-state index contributed by atoms with van der Waals surface area (Å²) in [7, 11) is 0. The predicted octanol–water partition coefficient (Wildman–Crippen LogP) is 1.84. The standard InChI is InChI=1S/C12H14/c1-9(2)11(4)12-8-6-5-7-10(12)3/h5-8H,1,3H2,2,4H3/b12-11+. The summed E-state index contributed by atoms with van der Waals surface area (Å²) >= 11 is 0. The van der Waals surface area contributed by atoms with Gasteiger partial charge in [0.15, 0.2) is 0 Å². The summed E-state index contributed by atoms with van der Waals surface area (Å²) in [5.41, 5.74) is 2.33. The highest BCUT2D eigenvalue weighted by atomic mass is 14.0. The van der Waals surface area contributed by atoms with Crippen LogP contribution < -0.4 is 10.4 Å². The van der Waals surface area contributed by atoms with Gasteiger partial charge in [-0.25, -0.2) is 0 Å². The zero-order chi connectivity index (χ0) is 9.14. The van der Waals surface area contributed by atoms with Gasteiger partial charge >= 0.3 is 0 Å². The Bertz CT molecular complexity index is 396. The van der Waals surface area contributed by atoms with E-state index in [0.29, 0.717) is 0 Å². The van der Waals surface area contributed by atoms with E-state index in [0.717, 1.165) is 10.8 Å². The Labute approximate surface area is 73.6 Å². The van der Waals surface area contributed by atoms with Crippen LogP contribution in [0.25, 0.3) is 12.2 Å². The quantitative estimate of drug-likeness (QED) is 0.585. The van der Waals surface area contributed by atoms with Crippen molar-refractivity contribution in [2.45, 2.75) is 13.8 Å². The highest BCUT2D eigenvalue weighted by Crippen LogP contribution is 2.01. The summed E-state index contributed by atoms with van der Waals surface area (Å²) in [6.07, 6.45) is 0. The largest absolute Gasteiger partial charge is 0.0958 e. The monoisotopic (exact) mass is 158 g/mol. The van der Waals surface area contributed by atoms with Crippen molar-refractivity contribution in [2.75, 3.05) is 0 Å². The van der Waals surface area contributed by atoms with Crippen LogP contribution in [0.1, 0.15) is 13.8 Å². The van der Waals surface area contributed by atoms with Gasteiger partial charge < -0.3 is 0 Å². The van der Waals surface area contributed by atoms with Crippen molar-refractivity contribution in [1.82, 2.24) is 0 Å². The molecule has 1 aromatic carbocycles. The number of rotatable bonds is 1. The lowest BCUT2D eigenvalue weighted by atomic mass is 10.1. The van der Waals surface area contributed by atoms with Gasteiger partial charge in [0.2, 0.25) is 0 Å². The molecule has 0 aliphatic rings. The molecule has 0 nitrogen and oxygen atoms in total. The summed E-state index contributed by atoms with van der Waals surface area (Å²) in [6, 6.07) is 8.11. The van der Waals surface area contributed by atoms with Crippen LogP contribution in [0.15, 0.2) is 36.4 Å². The smallest absolute Gasteiger partial charge is 0.0158 e. The Morgan fingerprint density at radius 2 is 1.75 bits per heavy atom. The molecular formula is C12H14. The SMILES string of the molecule is C=C(C)/C(C)=c1\ccccc1=C. The van der Waals surface area contributed by atoms with E-state index in [2.05, 4.69) is 26.1 Å². The maximum atomic E-state index is 3.96. The van der Waals surface area contributed by atoms with E-state index in [9.17, 15) is 0 Å². The van der Waals surface area contributed by atoms with Crippen LogP contribution in [0, 0.1) is 0 Å². The molecule has 0 heterocycles. The van der Waals surface area contributed by atoms with Crippen LogP contribution in [-0.4, -0.2) is 0 Å². The van der Waals surface area contributed by atoms with Crippen molar-refractivity contribution < 1.29 is 0 Å². The Morgan fingerprint density at radius 1 is 1.17 bits per heavy atom. The van der Waals surface area contributed by atoms with Gasteiger partial charge in [0.05, 0.1) is 0 Å². The maximum absolute atomic E-state index is 3.96. The van der Waals surface area contributed by atoms with Crippen LogP contribution in [0.2, 0.25) is 0 Å². The molecule has 0 bridgehead atoms. The van der Waals surface area contributed by atoms with Crippen LogP contribution in [0.4, 0.5) is 0 Å². The minimum atomic E-state index is 1.07. The molecule has 12 heavy (non-hydrogen) atoms. The van der Waals surface area contributed by atoms with Crippen LogP contribution in [0.5, 0.6) is 0 Å². The molecule has 0 radical (unpaired) electrons. The molecule has 0 N–H and O–H groups in total. The van der Waals surface area contributed by atoms with Gasteiger partial charge in [0, 0.05) is 0 Å². The maximum Gasteiger partial charge on any atom is -0.0158 e. The minimum Gasteiger partial charge on any atom is -0.0958 e. The molecule has 0 heteroatoms. The average Bonchev–Trinajstić information content (AvgIpc) is 2.04. The first-order valence-corrected chi connectivity index (χ1v) is 4.03. The predicted molar refractivity (Wildman–Crippen MR) is 55.1 cm³/mol. The Hall–Kier alpha value is -1.30. The average molecular weight is 158 g/mol. The fourth-order valence-electron chi connectivity index (χ4n) is 1.12. The van der Waals surface area contributed by atoms with E-state index < -0.39 is 0 Å². The normalized spacial score (nSPS) is 12.5. The van der Waals surface area contributed by atoms with Crippen LogP contribution >= 0.6 is 0 Å². The van der Waals surface area contributed by atoms with Gasteiger partial charge in [0.25, 0.3) is 0 Å². The van der Waals surface area contributed by atoms with Gasteiger partial charge in [-0.1, -0.05) is 43.0 Å². The first kappa shape index (κ1) is 8.79. The second kappa shape index (κ2) is 3.40. The molecule has 0 spiro atoms. The van der Waals surface area contributed by atoms with E-state index >= 15 is 0 Å². The number of hydrogen-bond donors (Lipinski definition) is 0. The van der Waals surface area contributed by atoms with E-state index in [-0.39, 0.29) is 0 Å².